The van der Waals surface area contributed by atoms with Gasteiger partial charge < -0.3 is 15.6 Å². The third kappa shape index (κ3) is 3.27. The molecule has 172 valence electrons. The number of rotatable bonds is 4. The van der Waals surface area contributed by atoms with Crippen LogP contribution in [0.15, 0.2) is 61.2 Å². The molecule has 5 aromatic heterocycles. The second kappa shape index (κ2) is 7.76. The maximum Gasteiger partial charge on any atom is 0.164 e. The number of pyridine rings is 2. The fourth-order valence-electron chi connectivity index (χ4n) is 5.04. The molecule has 3 N–H and O–H groups in total. The number of nitrogen functional groups attached to an aromatic ring is 1. The molecule has 7 rings (SSSR count). The molecule has 0 radical (unpaired) electrons. The largest absolute Gasteiger partial charge is 0.383 e. The van der Waals surface area contributed by atoms with Crippen LogP contribution in [0.2, 0.25) is 0 Å². The van der Waals surface area contributed by atoms with Gasteiger partial charge in [0.1, 0.15) is 29.3 Å². The van der Waals surface area contributed by atoms with Crippen molar-refractivity contribution < 1.29 is 0 Å². The van der Waals surface area contributed by atoms with Gasteiger partial charge in [0.15, 0.2) is 5.65 Å². The number of anilines is 2. The van der Waals surface area contributed by atoms with Gasteiger partial charge >= 0.3 is 0 Å². The van der Waals surface area contributed by atoms with Crippen LogP contribution < -0.4 is 10.6 Å². The first-order chi connectivity index (χ1) is 17.2. The number of hydrogen-bond acceptors (Lipinski definition) is 7. The number of fused-ring (bicyclic) bond motifs is 3. The van der Waals surface area contributed by atoms with Gasteiger partial charge in [0.05, 0.1) is 17.4 Å². The van der Waals surface area contributed by atoms with Gasteiger partial charge in [-0.2, -0.15) is 5.10 Å². The van der Waals surface area contributed by atoms with E-state index in [-0.39, 0.29) is 0 Å². The maximum absolute atomic E-state index is 6.35. The van der Waals surface area contributed by atoms with E-state index in [1.807, 2.05) is 35.3 Å². The summed E-state index contributed by atoms with van der Waals surface area (Å²) in [5.74, 6) is 1.42. The number of H-pyrrole nitrogens is 1. The fourth-order valence-corrected chi connectivity index (χ4v) is 5.04. The van der Waals surface area contributed by atoms with Crippen molar-refractivity contribution in [3.8, 4) is 11.3 Å². The minimum atomic E-state index is 0.404. The van der Waals surface area contributed by atoms with Crippen molar-refractivity contribution in [2.24, 2.45) is 0 Å². The number of benzene rings is 1. The molecular formula is C26H23N9. The molecule has 0 atom stereocenters. The average Bonchev–Trinajstić information content (AvgIpc) is 3.64. The highest BCUT2D eigenvalue weighted by Crippen LogP contribution is 2.33. The van der Waals surface area contributed by atoms with Crippen LogP contribution in [0.3, 0.4) is 0 Å². The van der Waals surface area contributed by atoms with Crippen molar-refractivity contribution >= 4 is 44.6 Å². The molecule has 0 bridgehead atoms. The molecule has 1 saturated heterocycles. The van der Waals surface area contributed by atoms with E-state index in [1.165, 1.54) is 19.2 Å². The van der Waals surface area contributed by atoms with Gasteiger partial charge in [-0.25, -0.2) is 24.6 Å². The summed E-state index contributed by atoms with van der Waals surface area (Å²) in [7, 11) is 0. The van der Waals surface area contributed by atoms with E-state index in [9.17, 15) is 0 Å². The number of hydrogen-bond donors (Lipinski definition) is 2. The Morgan fingerprint density at radius 1 is 0.971 bits per heavy atom. The Hall–Kier alpha value is -4.53. The van der Waals surface area contributed by atoms with Gasteiger partial charge in [0, 0.05) is 47.4 Å². The molecular weight excluding hydrogens is 438 g/mol. The Morgan fingerprint density at radius 3 is 2.77 bits per heavy atom. The van der Waals surface area contributed by atoms with Crippen LogP contribution in [-0.2, 0) is 6.54 Å². The number of nitrogens with two attached hydrogens (primary N) is 1. The SMILES string of the molecule is Nc1ncnc2c1c(-c1cnc3[nH]ccc3c1)nn2Cc1cc2ccccc2nc1N1CCCC1. The second-order valence-electron chi connectivity index (χ2n) is 8.96. The van der Waals surface area contributed by atoms with E-state index in [4.69, 9.17) is 15.8 Å². The molecule has 0 amide bonds. The predicted octanol–water partition coefficient (Wildman–Crippen LogP) is 4.15. The quantitative estimate of drug-likeness (QED) is 0.405. The van der Waals surface area contributed by atoms with Gasteiger partial charge in [-0.15, -0.1) is 0 Å². The van der Waals surface area contributed by atoms with Gasteiger partial charge in [0.2, 0.25) is 0 Å². The van der Waals surface area contributed by atoms with Crippen LogP contribution in [0, 0.1) is 0 Å². The first-order valence-electron chi connectivity index (χ1n) is 11.8. The lowest BCUT2D eigenvalue weighted by molar-refractivity contribution is 0.702. The second-order valence-corrected chi connectivity index (χ2v) is 8.96. The monoisotopic (exact) mass is 461 g/mol. The van der Waals surface area contributed by atoms with Crippen LogP contribution in [0.25, 0.3) is 44.2 Å². The van der Waals surface area contributed by atoms with Crippen molar-refractivity contribution in [2.45, 2.75) is 19.4 Å². The normalized spacial score (nSPS) is 14.0. The lowest BCUT2D eigenvalue weighted by atomic mass is 10.1. The van der Waals surface area contributed by atoms with Crippen LogP contribution >= 0.6 is 0 Å². The Labute approximate surface area is 200 Å². The number of aromatic nitrogens is 7. The number of aromatic amines is 1. The predicted molar refractivity (Wildman–Crippen MR) is 137 cm³/mol. The summed E-state index contributed by atoms with van der Waals surface area (Å²) in [4.78, 5) is 23.9. The summed E-state index contributed by atoms with van der Waals surface area (Å²) in [5, 5.41) is 7.85. The molecule has 35 heavy (non-hydrogen) atoms. The highest BCUT2D eigenvalue weighted by Gasteiger charge is 2.22. The first-order valence-corrected chi connectivity index (χ1v) is 11.8. The molecule has 0 aliphatic carbocycles. The summed E-state index contributed by atoms with van der Waals surface area (Å²) >= 11 is 0. The highest BCUT2D eigenvalue weighted by molar-refractivity contribution is 5.99. The zero-order valence-electron chi connectivity index (χ0n) is 19.0. The maximum atomic E-state index is 6.35. The minimum absolute atomic E-state index is 0.404. The summed E-state index contributed by atoms with van der Waals surface area (Å²) < 4.78 is 1.91. The number of nitrogens with one attached hydrogen (secondary N) is 1. The molecule has 6 aromatic rings. The van der Waals surface area contributed by atoms with Gasteiger partial charge in [0.25, 0.3) is 0 Å². The lowest BCUT2D eigenvalue weighted by Gasteiger charge is -2.21. The molecule has 0 saturated carbocycles. The molecule has 6 heterocycles. The van der Waals surface area contributed by atoms with Crippen LogP contribution in [-0.4, -0.2) is 47.8 Å². The van der Waals surface area contributed by atoms with E-state index >= 15 is 0 Å². The molecule has 1 aromatic carbocycles. The fraction of sp³-hybridized carbons (Fsp3) is 0.192. The smallest absolute Gasteiger partial charge is 0.164 e. The van der Waals surface area contributed by atoms with Crippen molar-refractivity contribution in [1.82, 2.24) is 34.7 Å². The van der Waals surface area contributed by atoms with Crippen molar-refractivity contribution in [3.05, 3.63) is 66.7 Å². The van der Waals surface area contributed by atoms with Gasteiger partial charge in [-0.05, 0) is 37.1 Å². The molecule has 0 spiro atoms. The van der Waals surface area contributed by atoms with Gasteiger partial charge in [-0.1, -0.05) is 18.2 Å². The van der Waals surface area contributed by atoms with Crippen molar-refractivity contribution in [1.29, 1.82) is 0 Å². The van der Waals surface area contributed by atoms with Crippen molar-refractivity contribution in [3.63, 3.8) is 0 Å². The Balaban J connectivity index is 1.40. The van der Waals surface area contributed by atoms with E-state index in [2.05, 4.69) is 49.1 Å². The average molecular weight is 462 g/mol. The Morgan fingerprint density at radius 2 is 1.86 bits per heavy atom. The van der Waals surface area contributed by atoms with Crippen LogP contribution in [0.4, 0.5) is 11.6 Å². The lowest BCUT2D eigenvalue weighted by Crippen LogP contribution is -2.21. The topological polar surface area (TPSA) is 114 Å². The first kappa shape index (κ1) is 19.9. The van der Waals surface area contributed by atoms with Crippen LogP contribution in [0.5, 0.6) is 0 Å². The van der Waals surface area contributed by atoms with Crippen LogP contribution in [0.1, 0.15) is 18.4 Å². The standard InChI is InChI=1S/C26H23N9/c27-23-21-22(18-12-17-7-8-28-24(17)29-13-18)33-35(26(21)31-15-30-23)14-19-11-16-5-1-2-6-20(16)32-25(19)34-9-3-4-10-34/h1-2,5-8,11-13,15H,3-4,9-10,14H2,(H,28,29)(H2,27,30,31). The summed E-state index contributed by atoms with van der Waals surface area (Å²) in [5.41, 5.74) is 11.6. The molecule has 9 heteroatoms. The third-order valence-electron chi connectivity index (χ3n) is 6.74. The van der Waals surface area contributed by atoms with E-state index in [0.29, 0.717) is 18.0 Å². The molecule has 0 unspecified atom stereocenters. The van der Waals surface area contributed by atoms with E-state index < -0.39 is 0 Å². The third-order valence-corrected chi connectivity index (χ3v) is 6.74. The molecule has 9 nitrogen and oxygen atoms in total. The molecule has 1 aliphatic heterocycles. The molecule has 1 aliphatic rings. The van der Waals surface area contributed by atoms with Gasteiger partial charge in [-0.3, -0.25) is 0 Å². The van der Waals surface area contributed by atoms with E-state index in [0.717, 1.165) is 63.1 Å². The summed E-state index contributed by atoms with van der Waals surface area (Å²) in [6.07, 6.45) is 7.54. The zero-order valence-corrected chi connectivity index (χ0v) is 19.0. The minimum Gasteiger partial charge on any atom is -0.383 e. The Bertz CT molecular complexity index is 1710. The Kier molecular flexibility index (Phi) is 4.41. The zero-order chi connectivity index (χ0) is 23.4. The highest BCUT2D eigenvalue weighted by atomic mass is 15.3. The van der Waals surface area contributed by atoms with E-state index in [1.54, 1.807) is 0 Å². The summed E-state index contributed by atoms with van der Waals surface area (Å²) in [6.45, 7) is 2.55. The molecule has 1 fully saturated rings. The summed E-state index contributed by atoms with van der Waals surface area (Å²) in [6, 6.07) is 14.5. The number of para-hydroxylation sites is 1. The van der Waals surface area contributed by atoms with Crippen molar-refractivity contribution in [2.75, 3.05) is 23.7 Å². The number of nitrogens with zero attached hydrogens (tertiary/aromatic N) is 7.